The normalized spacial score (nSPS) is 28.7. The molecule has 3 rings (SSSR count). The number of rotatable bonds is 5. The van der Waals surface area contributed by atoms with Crippen LogP contribution in [0.4, 0.5) is 10.5 Å². The summed E-state index contributed by atoms with van der Waals surface area (Å²) in [5.41, 5.74) is 7.12. The van der Waals surface area contributed by atoms with E-state index in [1.807, 2.05) is 12.1 Å². The van der Waals surface area contributed by atoms with Crippen molar-refractivity contribution in [2.75, 3.05) is 11.9 Å². The lowest BCUT2D eigenvalue weighted by Gasteiger charge is -2.29. The average Bonchev–Trinajstić information content (AvgIpc) is 3.18. The van der Waals surface area contributed by atoms with Crippen molar-refractivity contribution < 1.29 is 4.79 Å². The minimum Gasteiger partial charge on any atom is -0.351 e. The zero-order valence-electron chi connectivity index (χ0n) is 13.8. The van der Waals surface area contributed by atoms with Gasteiger partial charge < -0.3 is 21.7 Å². The molecule has 1 saturated carbocycles. The summed E-state index contributed by atoms with van der Waals surface area (Å²) in [5, 5.41) is 10.1. The van der Waals surface area contributed by atoms with Gasteiger partial charge in [0.25, 0.3) is 0 Å². The first kappa shape index (κ1) is 16.3. The van der Waals surface area contributed by atoms with Crippen LogP contribution in [0.25, 0.3) is 0 Å². The van der Waals surface area contributed by atoms with E-state index in [2.05, 4.69) is 35.0 Å². The molecule has 4 unspecified atom stereocenters. The van der Waals surface area contributed by atoms with Crippen molar-refractivity contribution in [2.24, 2.45) is 11.7 Å². The summed E-state index contributed by atoms with van der Waals surface area (Å²) in [4.78, 5) is 10.9. The summed E-state index contributed by atoms with van der Waals surface area (Å²) in [6.07, 6.45) is 6.58. The highest BCUT2D eigenvalue weighted by atomic mass is 16.2. The van der Waals surface area contributed by atoms with Crippen molar-refractivity contribution in [3.05, 3.63) is 29.8 Å². The second-order valence-corrected chi connectivity index (χ2v) is 6.90. The van der Waals surface area contributed by atoms with E-state index in [0.29, 0.717) is 18.1 Å². The van der Waals surface area contributed by atoms with E-state index < -0.39 is 6.03 Å². The Balaban J connectivity index is 1.59. The molecule has 0 aromatic heterocycles. The van der Waals surface area contributed by atoms with Gasteiger partial charge in [0.15, 0.2) is 0 Å². The Hall–Kier alpha value is -1.59. The van der Waals surface area contributed by atoms with Gasteiger partial charge >= 0.3 is 6.03 Å². The van der Waals surface area contributed by atoms with Crippen LogP contribution < -0.4 is 21.7 Å². The summed E-state index contributed by atoms with van der Waals surface area (Å²) in [5.74, 6) is 0.760. The Morgan fingerprint density at radius 1 is 1.22 bits per heavy atom. The number of carbonyl (C=O) groups is 1. The summed E-state index contributed by atoms with van der Waals surface area (Å²) < 4.78 is 0. The zero-order chi connectivity index (χ0) is 16.2. The maximum absolute atomic E-state index is 10.9. The molecular formula is C18H28N4O. The molecule has 0 radical (unpaired) electrons. The number of primary amides is 1. The molecule has 1 saturated heterocycles. The first-order valence-electron chi connectivity index (χ1n) is 8.79. The molecule has 5 heteroatoms. The van der Waals surface area contributed by atoms with Crippen LogP contribution in [0.15, 0.2) is 24.3 Å². The van der Waals surface area contributed by atoms with Crippen molar-refractivity contribution in [2.45, 2.75) is 57.2 Å². The van der Waals surface area contributed by atoms with E-state index in [4.69, 9.17) is 5.73 Å². The second-order valence-electron chi connectivity index (χ2n) is 6.90. The van der Waals surface area contributed by atoms with Gasteiger partial charge in [-0.2, -0.15) is 0 Å². The maximum Gasteiger partial charge on any atom is 0.316 e. The molecule has 126 valence electrons. The van der Waals surface area contributed by atoms with Crippen LogP contribution in [0.2, 0.25) is 0 Å². The van der Waals surface area contributed by atoms with Gasteiger partial charge in [-0.05, 0) is 62.8 Å². The summed E-state index contributed by atoms with van der Waals surface area (Å²) >= 11 is 0. The van der Waals surface area contributed by atoms with Crippen LogP contribution in [0, 0.1) is 5.92 Å². The highest BCUT2D eigenvalue weighted by Crippen LogP contribution is 2.33. The van der Waals surface area contributed by atoms with E-state index >= 15 is 0 Å². The Morgan fingerprint density at radius 2 is 2.00 bits per heavy atom. The van der Waals surface area contributed by atoms with Crippen molar-refractivity contribution in [3.8, 4) is 0 Å². The minimum absolute atomic E-state index is 0.310. The molecule has 1 aliphatic heterocycles. The SMILES string of the molecule is CC(NC1CCCC1C1CCCN1)c1ccc(NC(N)=O)cc1. The third-order valence-electron chi connectivity index (χ3n) is 5.33. The lowest BCUT2D eigenvalue weighted by Crippen LogP contribution is -2.42. The number of carbonyl (C=O) groups excluding carboxylic acids is 1. The van der Waals surface area contributed by atoms with Crippen molar-refractivity contribution in [1.29, 1.82) is 0 Å². The monoisotopic (exact) mass is 316 g/mol. The summed E-state index contributed by atoms with van der Waals surface area (Å²) in [7, 11) is 0. The molecule has 0 bridgehead atoms. The maximum atomic E-state index is 10.9. The van der Waals surface area contributed by atoms with E-state index in [9.17, 15) is 4.79 Å². The van der Waals surface area contributed by atoms with Gasteiger partial charge in [0.1, 0.15) is 0 Å². The van der Waals surface area contributed by atoms with Crippen molar-refractivity contribution >= 4 is 11.7 Å². The van der Waals surface area contributed by atoms with E-state index in [-0.39, 0.29) is 0 Å². The first-order valence-corrected chi connectivity index (χ1v) is 8.79. The molecule has 1 aromatic rings. The van der Waals surface area contributed by atoms with Gasteiger partial charge in [-0.3, -0.25) is 0 Å². The molecule has 1 aliphatic carbocycles. The number of amides is 2. The first-order chi connectivity index (χ1) is 11.1. The number of anilines is 1. The fraction of sp³-hybridized carbons (Fsp3) is 0.611. The number of nitrogens with one attached hydrogen (secondary N) is 3. The van der Waals surface area contributed by atoms with Crippen LogP contribution in [-0.2, 0) is 0 Å². The lowest BCUT2D eigenvalue weighted by molar-refractivity contribution is 0.259. The van der Waals surface area contributed by atoms with E-state index in [1.54, 1.807) is 0 Å². The number of benzene rings is 1. The van der Waals surface area contributed by atoms with Crippen LogP contribution in [-0.4, -0.2) is 24.7 Å². The molecule has 23 heavy (non-hydrogen) atoms. The van der Waals surface area contributed by atoms with Crippen molar-refractivity contribution in [3.63, 3.8) is 0 Å². The molecule has 4 atom stereocenters. The standard InChI is InChI=1S/C18H28N4O/c1-12(13-7-9-14(10-8-13)22-18(19)23)21-17-5-2-4-15(17)16-6-3-11-20-16/h7-10,12,15-17,20-21H,2-6,11H2,1H3,(H3,19,22,23). The predicted octanol–water partition coefficient (Wildman–Crippen LogP) is 2.75. The Kier molecular flexibility index (Phi) is 5.18. The Bertz CT molecular complexity index is 524. The van der Waals surface area contributed by atoms with Gasteiger partial charge in [-0.1, -0.05) is 18.6 Å². The van der Waals surface area contributed by atoms with Gasteiger partial charge in [-0.25, -0.2) is 4.79 Å². The predicted molar refractivity (Wildman–Crippen MR) is 93.4 cm³/mol. The molecule has 1 heterocycles. The van der Waals surface area contributed by atoms with Crippen LogP contribution >= 0.6 is 0 Å². The summed E-state index contributed by atoms with van der Waals surface area (Å²) in [6.45, 7) is 3.39. The molecule has 0 spiro atoms. The fourth-order valence-electron chi connectivity index (χ4n) is 4.17. The summed E-state index contributed by atoms with van der Waals surface area (Å²) in [6, 6.07) is 9.01. The highest BCUT2D eigenvalue weighted by Gasteiger charge is 2.35. The molecule has 1 aromatic carbocycles. The smallest absolute Gasteiger partial charge is 0.316 e. The van der Waals surface area contributed by atoms with E-state index in [1.165, 1.54) is 44.2 Å². The van der Waals surface area contributed by atoms with Gasteiger partial charge in [0.05, 0.1) is 0 Å². The number of nitrogens with two attached hydrogens (primary N) is 1. The molecule has 2 aliphatic rings. The van der Waals surface area contributed by atoms with Gasteiger partial charge in [0.2, 0.25) is 0 Å². The van der Waals surface area contributed by atoms with Crippen LogP contribution in [0.3, 0.4) is 0 Å². The topological polar surface area (TPSA) is 79.2 Å². The lowest BCUT2D eigenvalue weighted by atomic mass is 9.92. The minimum atomic E-state index is -0.526. The van der Waals surface area contributed by atoms with Gasteiger partial charge in [0, 0.05) is 23.8 Å². The molecular weight excluding hydrogens is 288 g/mol. The molecule has 2 fully saturated rings. The van der Waals surface area contributed by atoms with Crippen LogP contribution in [0.1, 0.15) is 50.6 Å². The Labute approximate surface area is 138 Å². The third kappa shape index (κ3) is 4.03. The fourth-order valence-corrected chi connectivity index (χ4v) is 4.17. The molecule has 5 N–H and O–H groups in total. The largest absolute Gasteiger partial charge is 0.351 e. The zero-order valence-corrected chi connectivity index (χ0v) is 13.8. The molecule has 2 amide bonds. The van der Waals surface area contributed by atoms with Crippen molar-refractivity contribution in [1.82, 2.24) is 10.6 Å². The second kappa shape index (κ2) is 7.32. The van der Waals surface area contributed by atoms with Gasteiger partial charge in [-0.15, -0.1) is 0 Å². The van der Waals surface area contributed by atoms with E-state index in [0.717, 1.165) is 11.6 Å². The highest BCUT2D eigenvalue weighted by molar-refractivity contribution is 5.87. The third-order valence-corrected chi connectivity index (χ3v) is 5.33. The number of hydrogen-bond acceptors (Lipinski definition) is 3. The average molecular weight is 316 g/mol. The quantitative estimate of drug-likeness (QED) is 0.674. The Morgan fingerprint density at radius 3 is 2.65 bits per heavy atom. The van der Waals surface area contributed by atoms with Crippen LogP contribution in [0.5, 0.6) is 0 Å². The molecule has 5 nitrogen and oxygen atoms in total. The number of urea groups is 1. The number of hydrogen-bond donors (Lipinski definition) is 4.